The van der Waals surface area contributed by atoms with Crippen LogP contribution in [0, 0.1) is 5.92 Å². The maximum atomic E-state index is 9.52. The summed E-state index contributed by atoms with van der Waals surface area (Å²) in [6, 6.07) is 0. The van der Waals surface area contributed by atoms with Crippen molar-refractivity contribution in [2.24, 2.45) is 5.92 Å². The zero-order valence-corrected chi connectivity index (χ0v) is 29.9. The molecule has 254 valence electrons. The maximum Gasteiger partial charge on any atom is 0.0433 e. The largest absolute Gasteiger partial charge is 0.396 e. The van der Waals surface area contributed by atoms with Crippen molar-refractivity contribution in [3.8, 4) is 0 Å². The normalized spacial score (nSPS) is 12.4. The second kappa shape index (κ2) is 39.0. The van der Waals surface area contributed by atoms with Crippen LogP contribution in [0.1, 0.15) is 251 Å². The third-order valence-electron chi connectivity index (χ3n) is 9.97. The van der Waals surface area contributed by atoms with E-state index in [2.05, 4.69) is 13.8 Å². The molecule has 0 aromatic heterocycles. The summed E-state index contributed by atoms with van der Waals surface area (Å²) in [5, 5.41) is 9.52. The van der Waals surface area contributed by atoms with E-state index < -0.39 is 0 Å². The van der Waals surface area contributed by atoms with Crippen LogP contribution in [0.4, 0.5) is 0 Å². The van der Waals surface area contributed by atoms with Gasteiger partial charge in [-0.2, -0.15) is 0 Å². The van der Waals surface area contributed by atoms with Crippen molar-refractivity contribution < 1.29 is 5.11 Å². The molecule has 1 unspecified atom stereocenters. The second-order valence-corrected chi connectivity index (χ2v) is 14.3. The summed E-state index contributed by atoms with van der Waals surface area (Å²) in [5.74, 6) is 0.780. The quantitative estimate of drug-likeness (QED) is 0.0707. The fourth-order valence-corrected chi connectivity index (χ4v) is 6.93. The zero-order chi connectivity index (χ0) is 30.4. The molecule has 0 radical (unpaired) electrons. The predicted octanol–water partition coefficient (Wildman–Crippen LogP) is 15.1. The van der Waals surface area contributed by atoms with Crippen LogP contribution in [0.5, 0.6) is 0 Å². The van der Waals surface area contributed by atoms with Crippen molar-refractivity contribution in [3.05, 3.63) is 0 Å². The third-order valence-corrected chi connectivity index (χ3v) is 9.97. The first-order valence-electron chi connectivity index (χ1n) is 20.5. The highest BCUT2D eigenvalue weighted by Crippen LogP contribution is 2.22. The first-order valence-corrected chi connectivity index (χ1v) is 20.5. The van der Waals surface area contributed by atoms with E-state index in [1.807, 2.05) is 0 Å². The van der Waals surface area contributed by atoms with E-state index in [4.69, 9.17) is 0 Å². The lowest BCUT2D eigenvalue weighted by Gasteiger charge is -2.15. The smallest absolute Gasteiger partial charge is 0.0433 e. The van der Waals surface area contributed by atoms with Crippen LogP contribution in [0.3, 0.4) is 0 Å². The summed E-state index contributed by atoms with van der Waals surface area (Å²) in [6.45, 7) is 5.00. The molecule has 1 heteroatoms. The summed E-state index contributed by atoms with van der Waals surface area (Å²) in [6.07, 6.45) is 53.0. The number of hydrogen-bond acceptors (Lipinski definition) is 1. The Morgan fingerprint density at radius 3 is 0.643 bits per heavy atom. The monoisotopic (exact) mass is 593 g/mol. The molecule has 0 bridgehead atoms. The molecule has 0 aromatic rings. The van der Waals surface area contributed by atoms with Gasteiger partial charge < -0.3 is 5.11 Å². The topological polar surface area (TPSA) is 20.2 Å². The van der Waals surface area contributed by atoms with E-state index >= 15 is 0 Å². The highest BCUT2D eigenvalue weighted by molar-refractivity contribution is 4.61. The van der Waals surface area contributed by atoms with Gasteiger partial charge in [-0.1, -0.05) is 245 Å². The minimum absolute atomic E-state index is 0.391. The second-order valence-electron chi connectivity index (χ2n) is 14.3. The molecular weight excluding hydrogens is 508 g/mol. The van der Waals surface area contributed by atoms with E-state index in [0.717, 1.165) is 12.3 Å². The van der Waals surface area contributed by atoms with E-state index in [9.17, 15) is 5.11 Å². The number of rotatable bonds is 38. The van der Waals surface area contributed by atoms with Crippen molar-refractivity contribution >= 4 is 0 Å². The molecule has 1 atom stereocenters. The van der Waals surface area contributed by atoms with Gasteiger partial charge >= 0.3 is 0 Å². The lowest BCUT2D eigenvalue weighted by molar-refractivity contribution is 0.241. The first-order chi connectivity index (χ1) is 20.8. The summed E-state index contributed by atoms with van der Waals surface area (Å²) in [4.78, 5) is 0. The number of aliphatic hydroxyl groups is 1. The summed E-state index contributed by atoms with van der Waals surface area (Å²) in [7, 11) is 0. The highest BCUT2D eigenvalue weighted by Gasteiger charge is 2.08. The molecule has 0 saturated carbocycles. The van der Waals surface area contributed by atoms with Gasteiger partial charge in [-0.15, -0.1) is 0 Å². The van der Waals surface area contributed by atoms with E-state index in [1.54, 1.807) is 0 Å². The fourth-order valence-electron chi connectivity index (χ4n) is 6.93. The molecule has 0 fully saturated rings. The lowest BCUT2D eigenvalue weighted by Crippen LogP contribution is -2.03. The Hall–Kier alpha value is -0.0400. The molecular formula is C41H84O. The van der Waals surface area contributed by atoms with Crippen LogP contribution in [-0.2, 0) is 0 Å². The zero-order valence-electron chi connectivity index (χ0n) is 29.9. The number of hydrogen-bond donors (Lipinski definition) is 1. The van der Waals surface area contributed by atoms with Crippen molar-refractivity contribution in [1.29, 1.82) is 0 Å². The van der Waals surface area contributed by atoms with Crippen molar-refractivity contribution in [3.63, 3.8) is 0 Å². The van der Waals surface area contributed by atoms with Crippen molar-refractivity contribution in [1.82, 2.24) is 0 Å². The molecule has 0 amide bonds. The maximum absolute atomic E-state index is 9.52. The molecule has 0 spiro atoms. The van der Waals surface area contributed by atoms with Gasteiger partial charge in [0.2, 0.25) is 0 Å². The Morgan fingerprint density at radius 2 is 0.452 bits per heavy atom. The van der Waals surface area contributed by atoms with Crippen LogP contribution in [0.2, 0.25) is 0 Å². The Kier molecular flexibility index (Phi) is 38.9. The molecule has 0 rings (SSSR count). The van der Waals surface area contributed by atoms with Crippen molar-refractivity contribution in [2.75, 3.05) is 6.61 Å². The van der Waals surface area contributed by atoms with Crippen LogP contribution in [0.15, 0.2) is 0 Å². The highest BCUT2D eigenvalue weighted by atomic mass is 16.3. The minimum atomic E-state index is 0.391. The Morgan fingerprint density at radius 1 is 0.262 bits per heavy atom. The molecule has 0 aliphatic carbocycles. The first kappa shape index (κ1) is 42.0. The van der Waals surface area contributed by atoms with Gasteiger partial charge in [0.1, 0.15) is 0 Å². The minimum Gasteiger partial charge on any atom is -0.396 e. The summed E-state index contributed by atoms with van der Waals surface area (Å²) >= 11 is 0. The Balaban J connectivity index is 3.34. The fraction of sp³-hybridized carbons (Fsp3) is 1.00. The van der Waals surface area contributed by atoms with Gasteiger partial charge in [-0.25, -0.2) is 0 Å². The molecule has 0 aliphatic heterocycles. The van der Waals surface area contributed by atoms with Crippen LogP contribution in [-0.4, -0.2) is 11.7 Å². The van der Waals surface area contributed by atoms with Gasteiger partial charge in [-0.3, -0.25) is 0 Å². The SMILES string of the molecule is CCCCCCCCCCCCCCCCCCCCC(CCO)CCCCCCCCCCCCCCCCCC. The van der Waals surface area contributed by atoms with Gasteiger partial charge in [0, 0.05) is 6.61 Å². The van der Waals surface area contributed by atoms with Gasteiger partial charge in [0.15, 0.2) is 0 Å². The lowest BCUT2D eigenvalue weighted by atomic mass is 9.91. The molecule has 42 heavy (non-hydrogen) atoms. The average molecular weight is 593 g/mol. The molecule has 1 nitrogen and oxygen atoms in total. The van der Waals surface area contributed by atoms with Crippen LogP contribution >= 0.6 is 0 Å². The number of unbranched alkanes of at least 4 members (excludes halogenated alkanes) is 32. The van der Waals surface area contributed by atoms with Crippen molar-refractivity contribution in [2.45, 2.75) is 251 Å². The van der Waals surface area contributed by atoms with Gasteiger partial charge in [0.05, 0.1) is 0 Å². The molecule has 0 heterocycles. The predicted molar refractivity (Wildman–Crippen MR) is 193 cm³/mol. The number of aliphatic hydroxyl groups excluding tert-OH is 1. The standard InChI is InChI=1S/C41H84O/c1-3-5-7-9-11-13-15-17-19-21-22-24-26-28-30-32-34-36-38-41(39-40-42)37-35-33-31-29-27-25-23-20-18-16-14-12-10-8-6-4-2/h41-42H,3-40H2,1-2H3. The molecule has 0 aliphatic rings. The molecule has 1 N–H and O–H groups in total. The molecule has 0 aromatic carbocycles. The molecule has 0 saturated heterocycles. The van der Waals surface area contributed by atoms with Crippen LogP contribution < -0.4 is 0 Å². The Labute approximate surface area is 268 Å². The third kappa shape index (κ3) is 36.2. The van der Waals surface area contributed by atoms with E-state index in [0.29, 0.717) is 6.61 Å². The van der Waals surface area contributed by atoms with E-state index in [-0.39, 0.29) is 0 Å². The van der Waals surface area contributed by atoms with E-state index in [1.165, 1.54) is 231 Å². The van der Waals surface area contributed by atoms with Gasteiger partial charge in [0.25, 0.3) is 0 Å². The van der Waals surface area contributed by atoms with Gasteiger partial charge in [-0.05, 0) is 12.3 Å². The summed E-state index contributed by atoms with van der Waals surface area (Å²) < 4.78 is 0. The Bertz CT molecular complexity index is 446. The summed E-state index contributed by atoms with van der Waals surface area (Å²) in [5.41, 5.74) is 0. The van der Waals surface area contributed by atoms with Crippen LogP contribution in [0.25, 0.3) is 0 Å². The average Bonchev–Trinajstić information content (AvgIpc) is 3.00.